The Morgan fingerprint density at radius 1 is 1.45 bits per heavy atom. The molecule has 0 saturated carbocycles. The van der Waals surface area contributed by atoms with Crippen LogP contribution in [0.5, 0.6) is 0 Å². The lowest BCUT2D eigenvalue weighted by atomic mass is 10.6. The van der Waals surface area contributed by atoms with Crippen molar-refractivity contribution < 1.29 is 0 Å². The number of aromatic nitrogens is 3. The lowest BCUT2D eigenvalue weighted by molar-refractivity contribution is 1.25. The van der Waals surface area contributed by atoms with E-state index in [-0.39, 0.29) is 0 Å². The van der Waals surface area contributed by atoms with E-state index in [0.717, 1.165) is 13.7 Å². The van der Waals surface area contributed by atoms with Gasteiger partial charge in [0.2, 0.25) is 3.83 Å². The molecule has 0 bridgehead atoms. The molecule has 11 heavy (non-hydrogen) atoms. The number of hydrogen-bond donors (Lipinski definition) is 0. The largest absolute Gasteiger partial charge is 0.252 e. The van der Waals surface area contributed by atoms with Crippen molar-refractivity contribution in [2.24, 2.45) is 0 Å². The molecule has 0 aliphatic rings. The van der Waals surface area contributed by atoms with E-state index >= 15 is 0 Å². The highest BCUT2D eigenvalue weighted by Crippen LogP contribution is 2.24. The maximum Gasteiger partial charge on any atom is 0.203 e. The third-order valence-electron chi connectivity index (χ3n) is 1.04. The molecule has 0 fully saturated rings. The van der Waals surface area contributed by atoms with Crippen LogP contribution < -0.4 is 0 Å². The Kier molecular flexibility index (Phi) is 2.14. The van der Waals surface area contributed by atoms with Crippen LogP contribution in [0.15, 0.2) is 11.7 Å². The van der Waals surface area contributed by atoms with Crippen LogP contribution in [0, 0.1) is 3.83 Å². The molecule has 2 rings (SSSR count). The van der Waals surface area contributed by atoms with E-state index < -0.39 is 0 Å². The first-order chi connectivity index (χ1) is 5.36. The van der Waals surface area contributed by atoms with Gasteiger partial charge in [0, 0.05) is 28.8 Å². The predicted octanol–water partition coefficient (Wildman–Crippen LogP) is 2.27. The Bertz CT molecular complexity index is 342. The Morgan fingerprint density at radius 3 is 2.91 bits per heavy atom. The molecular formula is C5H2IN3S2. The minimum Gasteiger partial charge on any atom is -0.252 e. The van der Waals surface area contributed by atoms with Gasteiger partial charge in [0.05, 0.1) is 10.4 Å². The van der Waals surface area contributed by atoms with Crippen molar-refractivity contribution >= 4 is 45.5 Å². The zero-order valence-corrected chi connectivity index (χ0v) is 8.98. The van der Waals surface area contributed by atoms with E-state index in [1.807, 2.05) is 0 Å². The van der Waals surface area contributed by atoms with E-state index in [4.69, 9.17) is 0 Å². The van der Waals surface area contributed by atoms with Gasteiger partial charge in [-0.1, -0.05) is 0 Å². The van der Waals surface area contributed by atoms with Crippen LogP contribution in [0.25, 0.3) is 9.88 Å². The Balaban J connectivity index is 2.45. The van der Waals surface area contributed by atoms with Crippen molar-refractivity contribution in [2.45, 2.75) is 0 Å². The van der Waals surface area contributed by atoms with Crippen LogP contribution in [0.2, 0.25) is 0 Å². The summed E-state index contributed by atoms with van der Waals surface area (Å²) in [6, 6.07) is 0. The molecule has 2 heterocycles. The number of hydrogen-bond acceptors (Lipinski definition) is 5. The molecular weight excluding hydrogens is 293 g/mol. The Labute approximate surface area is 84.8 Å². The normalized spacial score (nSPS) is 10.3. The monoisotopic (exact) mass is 295 g/mol. The highest BCUT2D eigenvalue weighted by Gasteiger charge is 2.04. The second-order valence-electron chi connectivity index (χ2n) is 1.73. The van der Waals surface area contributed by atoms with Crippen molar-refractivity contribution in [1.82, 2.24) is 14.3 Å². The lowest BCUT2D eigenvalue weighted by Gasteiger charge is -1.80. The molecule has 2 aromatic rings. The van der Waals surface area contributed by atoms with E-state index in [9.17, 15) is 0 Å². The smallest absolute Gasteiger partial charge is 0.203 e. The molecule has 0 radical (unpaired) electrons. The quantitative estimate of drug-likeness (QED) is 0.758. The molecule has 0 amide bonds. The summed E-state index contributed by atoms with van der Waals surface area (Å²) >= 11 is 5.09. The van der Waals surface area contributed by atoms with Gasteiger partial charge in [0.25, 0.3) is 0 Å². The van der Waals surface area contributed by atoms with Crippen LogP contribution in [0.3, 0.4) is 0 Å². The lowest BCUT2D eigenvalue weighted by Crippen LogP contribution is -1.71. The third-order valence-corrected chi connectivity index (χ3v) is 3.51. The number of rotatable bonds is 1. The first kappa shape index (κ1) is 7.56. The van der Waals surface area contributed by atoms with E-state index in [0.29, 0.717) is 0 Å². The highest BCUT2D eigenvalue weighted by molar-refractivity contribution is 14.1. The molecule has 0 saturated heterocycles. The average molecular weight is 295 g/mol. The predicted molar refractivity (Wildman–Crippen MR) is 53.7 cm³/mol. The van der Waals surface area contributed by atoms with Crippen LogP contribution >= 0.6 is 45.5 Å². The molecule has 6 heteroatoms. The molecule has 3 nitrogen and oxygen atoms in total. The molecule has 56 valence electrons. The van der Waals surface area contributed by atoms with Crippen molar-refractivity contribution in [3.8, 4) is 9.88 Å². The maximum absolute atomic E-state index is 4.22. The summed E-state index contributed by atoms with van der Waals surface area (Å²) < 4.78 is 4.87. The molecule has 0 unspecified atom stereocenters. The number of halogens is 1. The molecule has 0 aromatic carbocycles. The summed E-state index contributed by atoms with van der Waals surface area (Å²) in [7, 11) is 0. The highest BCUT2D eigenvalue weighted by atomic mass is 127. The van der Waals surface area contributed by atoms with Crippen molar-refractivity contribution in [2.75, 3.05) is 0 Å². The van der Waals surface area contributed by atoms with Crippen molar-refractivity contribution in [3.63, 3.8) is 0 Å². The fourth-order valence-electron chi connectivity index (χ4n) is 0.627. The van der Waals surface area contributed by atoms with Gasteiger partial charge in [-0.15, -0.1) is 11.3 Å². The zero-order chi connectivity index (χ0) is 7.68. The van der Waals surface area contributed by atoms with Crippen LogP contribution in [-0.2, 0) is 0 Å². The summed E-state index contributed by atoms with van der Waals surface area (Å²) in [5, 5.41) is 0.955. The van der Waals surface area contributed by atoms with Crippen LogP contribution in [-0.4, -0.2) is 14.3 Å². The first-order valence-electron chi connectivity index (χ1n) is 2.74. The fraction of sp³-hybridized carbons (Fsp3) is 0. The third kappa shape index (κ3) is 1.57. The van der Waals surface area contributed by atoms with Crippen molar-refractivity contribution in [3.05, 3.63) is 15.5 Å². The topological polar surface area (TPSA) is 38.7 Å². The molecule has 0 atom stereocenters. The maximum atomic E-state index is 4.22. The van der Waals surface area contributed by atoms with Gasteiger partial charge in [-0.25, -0.2) is 4.98 Å². The summed E-state index contributed by atoms with van der Waals surface area (Å²) in [6.07, 6.45) is 1.81. The van der Waals surface area contributed by atoms with Gasteiger partial charge in [-0.2, -0.15) is 4.37 Å². The van der Waals surface area contributed by atoms with Gasteiger partial charge < -0.3 is 0 Å². The molecule has 0 aliphatic carbocycles. The summed E-state index contributed by atoms with van der Waals surface area (Å²) in [6.45, 7) is 0. The van der Waals surface area contributed by atoms with Gasteiger partial charge in [-0.3, -0.25) is 4.98 Å². The Morgan fingerprint density at radius 2 is 2.36 bits per heavy atom. The summed E-state index contributed by atoms with van der Waals surface area (Å²) in [5.41, 5.74) is 1.80. The number of nitrogens with zero attached hydrogens (tertiary/aromatic N) is 3. The second-order valence-corrected chi connectivity index (χ2v) is 4.34. The van der Waals surface area contributed by atoms with Gasteiger partial charge >= 0.3 is 0 Å². The van der Waals surface area contributed by atoms with Gasteiger partial charge in [0.15, 0.2) is 5.01 Å². The van der Waals surface area contributed by atoms with Crippen LogP contribution in [0.4, 0.5) is 0 Å². The minimum atomic E-state index is 0.802. The van der Waals surface area contributed by atoms with Crippen LogP contribution in [0.1, 0.15) is 0 Å². The fourth-order valence-corrected chi connectivity index (χ4v) is 2.56. The van der Waals surface area contributed by atoms with Gasteiger partial charge in [-0.05, 0) is 11.5 Å². The van der Waals surface area contributed by atoms with E-state index in [1.54, 1.807) is 23.0 Å². The number of thiazole rings is 1. The first-order valence-corrected chi connectivity index (χ1v) is 5.47. The average Bonchev–Trinajstić information content (AvgIpc) is 2.55. The second kappa shape index (κ2) is 3.11. The molecule has 0 aliphatic heterocycles. The van der Waals surface area contributed by atoms with Gasteiger partial charge in [0.1, 0.15) is 0 Å². The standard InChI is InChI=1S/C5H2IN3S2/c6-5-8-4(11-9-5)3-1-7-2-10-3/h1-2H. The summed E-state index contributed by atoms with van der Waals surface area (Å²) in [4.78, 5) is 9.27. The molecule has 0 N–H and O–H groups in total. The van der Waals surface area contributed by atoms with E-state index in [2.05, 4.69) is 36.9 Å². The molecule has 0 spiro atoms. The SMILES string of the molecule is Ic1nsc(-c2cncs2)n1. The zero-order valence-electron chi connectivity index (χ0n) is 5.19. The minimum absolute atomic E-state index is 0.802. The van der Waals surface area contributed by atoms with Crippen molar-refractivity contribution in [1.29, 1.82) is 0 Å². The molecule has 2 aromatic heterocycles. The van der Waals surface area contributed by atoms with E-state index in [1.165, 1.54) is 11.5 Å². The Hall–Kier alpha value is -0.0800. The summed E-state index contributed by atoms with van der Waals surface area (Å²) in [5.74, 6) is 0.